The van der Waals surface area contributed by atoms with Crippen LogP contribution in [0.2, 0.25) is 0 Å². The van der Waals surface area contributed by atoms with Gasteiger partial charge >= 0.3 is 0 Å². The SMILES string of the molecule is O=C1N=c2ccccc2=C1c1sc(=S)n(-c2ccccc2O)c1O. The quantitative estimate of drug-likeness (QED) is 0.691. The van der Waals surface area contributed by atoms with Crippen molar-refractivity contribution in [1.29, 1.82) is 0 Å². The van der Waals surface area contributed by atoms with Gasteiger partial charge in [0.05, 0.1) is 16.6 Å². The van der Waals surface area contributed by atoms with Crippen molar-refractivity contribution in [3.63, 3.8) is 0 Å². The summed E-state index contributed by atoms with van der Waals surface area (Å²) in [5, 5.41) is 21.9. The smallest absolute Gasteiger partial charge is 0.279 e. The molecular weight excluding hydrogens is 344 g/mol. The van der Waals surface area contributed by atoms with E-state index < -0.39 is 5.91 Å². The summed E-state index contributed by atoms with van der Waals surface area (Å²) >= 11 is 6.44. The van der Waals surface area contributed by atoms with Gasteiger partial charge in [-0.15, -0.1) is 11.3 Å². The molecule has 1 aromatic heterocycles. The van der Waals surface area contributed by atoms with Crippen LogP contribution < -0.4 is 10.6 Å². The maximum absolute atomic E-state index is 12.3. The predicted molar refractivity (Wildman–Crippen MR) is 92.5 cm³/mol. The predicted octanol–water partition coefficient (Wildman–Crippen LogP) is 2.04. The molecule has 0 fully saturated rings. The molecule has 118 valence electrons. The molecule has 0 unspecified atom stereocenters. The summed E-state index contributed by atoms with van der Waals surface area (Å²) in [7, 11) is 0. The van der Waals surface area contributed by atoms with E-state index in [4.69, 9.17) is 12.2 Å². The number of phenolic OH excluding ortho intramolecular Hbond substituents is 1. The van der Waals surface area contributed by atoms with E-state index in [2.05, 4.69) is 4.99 Å². The molecule has 0 bridgehead atoms. The first-order valence-corrected chi connectivity index (χ1v) is 8.26. The Hall–Kier alpha value is -2.77. The highest BCUT2D eigenvalue weighted by Crippen LogP contribution is 2.36. The second kappa shape index (κ2) is 5.40. The lowest BCUT2D eigenvalue weighted by molar-refractivity contribution is -0.112. The fraction of sp³-hybridized carbons (Fsp3) is 0. The van der Waals surface area contributed by atoms with Gasteiger partial charge in [-0.2, -0.15) is 0 Å². The number of aromatic hydroxyl groups is 2. The maximum Gasteiger partial charge on any atom is 0.279 e. The minimum atomic E-state index is -0.410. The normalized spacial score (nSPS) is 13.0. The number of thiazole rings is 1. The molecule has 0 radical (unpaired) electrons. The van der Waals surface area contributed by atoms with Gasteiger partial charge in [0, 0.05) is 5.22 Å². The van der Waals surface area contributed by atoms with Crippen molar-refractivity contribution in [1.82, 2.24) is 4.57 Å². The van der Waals surface area contributed by atoms with Crippen molar-refractivity contribution in [2.45, 2.75) is 0 Å². The molecule has 0 saturated carbocycles. The molecule has 0 atom stereocenters. The van der Waals surface area contributed by atoms with E-state index in [0.717, 1.165) is 11.3 Å². The lowest BCUT2D eigenvalue weighted by Crippen LogP contribution is -2.22. The van der Waals surface area contributed by atoms with Crippen LogP contribution in [0.5, 0.6) is 11.6 Å². The molecule has 3 aromatic rings. The lowest BCUT2D eigenvalue weighted by Gasteiger charge is -2.07. The van der Waals surface area contributed by atoms with E-state index in [0.29, 0.717) is 30.7 Å². The molecule has 2 aromatic carbocycles. The van der Waals surface area contributed by atoms with Crippen LogP contribution in [-0.2, 0) is 4.79 Å². The average Bonchev–Trinajstić information content (AvgIpc) is 3.04. The van der Waals surface area contributed by atoms with E-state index in [1.807, 2.05) is 6.07 Å². The van der Waals surface area contributed by atoms with Crippen molar-refractivity contribution >= 4 is 35.0 Å². The minimum absolute atomic E-state index is 0.0129. The number of amides is 1. The maximum atomic E-state index is 12.3. The zero-order valence-electron chi connectivity index (χ0n) is 12.1. The molecule has 1 aliphatic rings. The van der Waals surface area contributed by atoms with Gasteiger partial charge in [-0.3, -0.25) is 9.36 Å². The third-order valence-corrected chi connectivity index (χ3v) is 5.13. The number of fused-ring (bicyclic) bond motifs is 1. The second-order valence-corrected chi connectivity index (χ2v) is 6.80. The van der Waals surface area contributed by atoms with Gasteiger partial charge in [-0.25, -0.2) is 4.99 Å². The van der Waals surface area contributed by atoms with Gasteiger partial charge in [0.25, 0.3) is 5.91 Å². The van der Waals surface area contributed by atoms with Gasteiger partial charge < -0.3 is 10.2 Å². The summed E-state index contributed by atoms with van der Waals surface area (Å²) < 4.78 is 1.68. The van der Waals surface area contributed by atoms with Crippen LogP contribution in [0.1, 0.15) is 4.88 Å². The summed E-state index contributed by atoms with van der Waals surface area (Å²) in [6.07, 6.45) is 0. The first kappa shape index (κ1) is 14.8. The summed E-state index contributed by atoms with van der Waals surface area (Å²) in [6, 6.07) is 13.7. The van der Waals surface area contributed by atoms with E-state index in [9.17, 15) is 15.0 Å². The summed E-state index contributed by atoms with van der Waals surface area (Å²) in [4.78, 5) is 16.7. The second-order valence-electron chi connectivity index (χ2n) is 5.15. The Kier molecular flexibility index (Phi) is 3.33. The van der Waals surface area contributed by atoms with Crippen molar-refractivity contribution < 1.29 is 15.0 Å². The Morgan fingerprint density at radius 2 is 1.75 bits per heavy atom. The minimum Gasteiger partial charge on any atom is -0.506 e. The fourth-order valence-corrected chi connectivity index (χ4v) is 4.05. The molecule has 1 amide bonds. The Bertz CT molecular complexity index is 1180. The van der Waals surface area contributed by atoms with Crippen LogP contribution in [0.4, 0.5) is 0 Å². The van der Waals surface area contributed by atoms with Crippen molar-refractivity contribution in [3.05, 3.63) is 67.9 Å². The summed E-state index contributed by atoms with van der Waals surface area (Å²) in [5.74, 6) is -0.602. The van der Waals surface area contributed by atoms with Gasteiger partial charge in [0.15, 0.2) is 3.95 Å². The largest absolute Gasteiger partial charge is 0.506 e. The third-order valence-electron chi connectivity index (χ3n) is 3.75. The zero-order chi connectivity index (χ0) is 16.8. The van der Waals surface area contributed by atoms with Crippen molar-refractivity contribution in [3.8, 4) is 17.3 Å². The van der Waals surface area contributed by atoms with Crippen LogP contribution in [0.25, 0.3) is 11.3 Å². The van der Waals surface area contributed by atoms with Crippen LogP contribution in [0.3, 0.4) is 0 Å². The number of nitrogens with zero attached hydrogens (tertiary/aromatic N) is 2. The number of hydrogen-bond donors (Lipinski definition) is 2. The van der Waals surface area contributed by atoms with E-state index in [-0.39, 0.29) is 11.6 Å². The Morgan fingerprint density at radius 1 is 1.04 bits per heavy atom. The van der Waals surface area contributed by atoms with Gasteiger partial charge in [-0.1, -0.05) is 30.3 Å². The zero-order valence-corrected chi connectivity index (χ0v) is 13.8. The Balaban J connectivity index is 2.04. The highest BCUT2D eigenvalue weighted by Gasteiger charge is 2.26. The molecule has 2 N–H and O–H groups in total. The molecule has 24 heavy (non-hydrogen) atoms. The Labute approximate surface area is 145 Å². The monoisotopic (exact) mass is 354 g/mol. The topological polar surface area (TPSA) is 74.8 Å². The highest BCUT2D eigenvalue weighted by molar-refractivity contribution is 7.73. The number of carbonyl (C=O) groups excluding carboxylic acids is 1. The molecule has 7 heteroatoms. The number of carbonyl (C=O) groups is 1. The van der Waals surface area contributed by atoms with Crippen LogP contribution in [-0.4, -0.2) is 20.7 Å². The first-order valence-electron chi connectivity index (χ1n) is 7.04. The fourth-order valence-electron chi connectivity index (χ4n) is 2.68. The summed E-state index contributed by atoms with van der Waals surface area (Å²) in [6.45, 7) is 0. The van der Waals surface area contributed by atoms with Gasteiger partial charge in [-0.05, 0) is 30.4 Å². The van der Waals surface area contributed by atoms with E-state index in [1.165, 1.54) is 10.6 Å². The molecule has 1 aliphatic heterocycles. The Morgan fingerprint density at radius 3 is 2.54 bits per heavy atom. The average molecular weight is 354 g/mol. The molecule has 0 spiro atoms. The first-order chi connectivity index (χ1) is 11.6. The van der Waals surface area contributed by atoms with Gasteiger partial charge in [0.1, 0.15) is 10.6 Å². The number of benzene rings is 2. The molecule has 5 nitrogen and oxygen atoms in total. The summed E-state index contributed by atoms with van der Waals surface area (Å²) in [5.41, 5.74) is 0.687. The molecule has 2 heterocycles. The molecule has 0 aliphatic carbocycles. The number of hydrogen-bond acceptors (Lipinski definition) is 5. The lowest BCUT2D eigenvalue weighted by atomic mass is 10.1. The number of rotatable bonds is 2. The van der Waals surface area contributed by atoms with Crippen LogP contribution in [0, 0.1) is 3.95 Å². The van der Waals surface area contributed by atoms with E-state index >= 15 is 0 Å². The molecule has 4 rings (SSSR count). The standard InChI is InChI=1S/C17H10N2O3S2/c20-12-8-4-3-7-11(12)19-16(22)14(24-17(19)23)13-9-5-1-2-6-10(9)18-15(13)21/h1-8,20,22H. The van der Waals surface area contributed by atoms with Gasteiger partial charge in [0.2, 0.25) is 5.88 Å². The van der Waals surface area contributed by atoms with E-state index in [1.54, 1.807) is 36.4 Å². The molecular formula is C17H10N2O3S2. The van der Waals surface area contributed by atoms with Crippen molar-refractivity contribution in [2.24, 2.45) is 4.99 Å². The third kappa shape index (κ3) is 2.10. The number of para-hydroxylation sites is 3. The number of aromatic nitrogens is 1. The van der Waals surface area contributed by atoms with Crippen LogP contribution in [0.15, 0.2) is 53.5 Å². The number of phenols is 1. The molecule has 0 saturated heterocycles. The highest BCUT2D eigenvalue weighted by atomic mass is 32.1. The van der Waals surface area contributed by atoms with Crippen LogP contribution >= 0.6 is 23.6 Å². The van der Waals surface area contributed by atoms with Crippen molar-refractivity contribution in [2.75, 3.05) is 0 Å².